The van der Waals surface area contributed by atoms with Gasteiger partial charge in [-0.25, -0.2) is 5.43 Å². The molecule has 5 nitrogen and oxygen atoms in total. The van der Waals surface area contributed by atoms with E-state index >= 15 is 0 Å². The van der Waals surface area contributed by atoms with Crippen LogP contribution in [-0.4, -0.2) is 19.2 Å². The van der Waals surface area contributed by atoms with Gasteiger partial charge in [-0.1, -0.05) is 48.0 Å². The predicted molar refractivity (Wildman–Crippen MR) is 132 cm³/mol. The minimum absolute atomic E-state index is 0.185. The highest BCUT2D eigenvalue weighted by molar-refractivity contribution is 9.10. The summed E-state index contributed by atoms with van der Waals surface area (Å²) in [5.41, 5.74) is 7.49. The van der Waals surface area contributed by atoms with Crippen LogP contribution >= 0.6 is 27.5 Å². The number of hydrogen-bond acceptors (Lipinski definition) is 4. The minimum atomic E-state index is -0.185. The molecule has 3 rings (SSSR count). The van der Waals surface area contributed by atoms with Crippen molar-refractivity contribution < 1.29 is 14.3 Å². The summed E-state index contributed by atoms with van der Waals surface area (Å²) in [5, 5.41) is 4.71. The van der Waals surface area contributed by atoms with Crippen LogP contribution in [0.2, 0.25) is 5.02 Å². The van der Waals surface area contributed by atoms with Crippen molar-refractivity contribution in [3.05, 3.63) is 91.9 Å². The Morgan fingerprint density at radius 2 is 1.91 bits per heavy atom. The number of carbonyl (C=O) groups is 1. The number of nitrogens with zero attached hydrogens (tertiary/aromatic N) is 1. The van der Waals surface area contributed by atoms with Crippen molar-refractivity contribution in [2.45, 2.75) is 26.9 Å². The number of amides is 1. The van der Waals surface area contributed by atoms with Crippen LogP contribution in [0.4, 0.5) is 0 Å². The van der Waals surface area contributed by atoms with Crippen LogP contribution in [0.3, 0.4) is 0 Å². The van der Waals surface area contributed by atoms with E-state index in [0.717, 1.165) is 22.3 Å². The van der Waals surface area contributed by atoms with Crippen molar-refractivity contribution in [1.29, 1.82) is 0 Å². The molecule has 0 spiro atoms. The molecule has 3 aromatic rings. The van der Waals surface area contributed by atoms with Crippen LogP contribution in [0.1, 0.15) is 27.8 Å². The molecule has 3 aromatic carbocycles. The number of hydrazone groups is 1. The average Bonchev–Trinajstić information content (AvgIpc) is 2.76. The second-order valence-electron chi connectivity index (χ2n) is 7.30. The molecule has 0 aromatic heterocycles. The molecule has 0 bridgehead atoms. The second-order valence-corrected chi connectivity index (χ2v) is 8.56. The van der Waals surface area contributed by atoms with E-state index in [9.17, 15) is 4.79 Å². The first kappa shape index (κ1) is 23.8. The normalized spacial score (nSPS) is 10.9. The number of hydrogen-bond donors (Lipinski definition) is 1. The Morgan fingerprint density at radius 1 is 1.12 bits per heavy atom. The highest BCUT2D eigenvalue weighted by atomic mass is 79.9. The third-order valence-electron chi connectivity index (χ3n) is 4.92. The van der Waals surface area contributed by atoms with Gasteiger partial charge >= 0.3 is 0 Å². The molecule has 0 saturated heterocycles. The number of nitrogens with one attached hydrogen (secondary N) is 1. The summed E-state index contributed by atoms with van der Waals surface area (Å²) in [6, 6.07) is 17.1. The van der Waals surface area contributed by atoms with Crippen LogP contribution < -0.4 is 14.9 Å². The molecule has 1 N–H and O–H groups in total. The van der Waals surface area contributed by atoms with Gasteiger partial charge in [0.25, 0.3) is 0 Å². The molecule has 0 atom stereocenters. The quantitative estimate of drug-likeness (QED) is 0.296. The summed E-state index contributed by atoms with van der Waals surface area (Å²) >= 11 is 9.72. The van der Waals surface area contributed by atoms with Crippen molar-refractivity contribution in [3.8, 4) is 11.5 Å². The van der Waals surface area contributed by atoms with E-state index in [1.165, 1.54) is 5.56 Å². The Kier molecular flexibility index (Phi) is 8.31. The first-order chi connectivity index (χ1) is 15.4. The minimum Gasteiger partial charge on any atom is -0.493 e. The molecule has 0 fully saturated rings. The molecule has 0 aliphatic carbocycles. The molecule has 0 heterocycles. The van der Waals surface area contributed by atoms with Crippen LogP contribution in [0.15, 0.2) is 64.2 Å². The molecule has 0 aliphatic rings. The summed E-state index contributed by atoms with van der Waals surface area (Å²) in [6.07, 6.45) is 1.82. The van der Waals surface area contributed by atoms with E-state index in [1.807, 2.05) is 62.4 Å². The zero-order chi connectivity index (χ0) is 23.1. The lowest BCUT2D eigenvalue weighted by Crippen LogP contribution is -2.19. The molecule has 32 heavy (non-hydrogen) atoms. The molecule has 0 unspecified atom stereocenters. The summed E-state index contributed by atoms with van der Waals surface area (Å²) < 4.78 is 12.1. The summed E-state index contributed by atoms with van der Waals surface area (Å²) in [5.74, 6) is 0.910. The number of benzene rings is 3. The molecule has 1 amide bonds. The van der Waals surface area contributed by atoms with Crippen LogP contribution in [0, 0.1) is 13.8 Å². The molecule has 0 radical (unpaired) electrons. The Balaban J connectivity index is 1.64. The third kappa shape index (κ3) is 6.34. The highest BCUT2D eigenvalue weighted by Crippen LogP contribution is 2.37. The fourth-order valence-corrected chi connectivity index (χ4v) is 3.80. The Morgan fingerprint density at radius 3 is 2.62 bits per heavy atom. The van der Waals surface area contributed by atoms with Crippen molar-refractivity contribution >= 4 is 39.7 Å². The molecular weight excluding hydrogens is 492 g/mol. The summed E-state index contributed by atoms with van der Waals surface area (Å²) in [6.45, 7) is 4.38. The van der Waals surface area contributed by atoms with Gasteiger partial charge in [-0.2, -0.15) is 5.10 Å². The lowest BCUT2D eigenvalue weighted by molar-refractivity contribution is -0.120. The summed E-state index contributed by atoms with van der Waals surface area (Å²) in [4.78, 5) is 12.2. The number of carbonyl (C=O) groups excluding carboxylic acids is 1. The molecule has 7 heteroatoms. The smallest absolute Gasteiger partial charge is 0.244 e. The van der Waals surface area contributed by atoms with Crippen LogP contribution in [0.5, 0.6) is 11.5 Å². The number of halogens is 2. The Labute approximate surface area is 201 Å². The highest BCUT2D eigenvalue weighted by Gasteiger charge is 2.12. The zero-order valence-corrected chi connectivity index (χ0v) is 20.5. The van der Waals surface area contributed by atoms with Gasteiger partial charge in [0, 0.05) is 10.6 Å². The monoisotopic (exact) mass is 514 g/mol. The van der Waals surface area contributed by atoms with Gasteiger partial charge in [0.05, 0.1) is 24.2 Å². The van der Waals surface area contributed by atoms with Gasteiger partial charge < -0.3 is 9.47 Å². The van der Waals surface area contributed by atoms with Crippen molar-refractivity contribution in [1.82, 2.24) is 5.43 Å². The maximum absolute atomic E-state index is 12.2. The Bertz CT molecular complexity index is 1150. The van der Waals surface area contributed by atoms with Crippen molar-refractivity contribution in [3.63, 3.8) is 0 Å². The maximum atomic E-state index is 12.2. The third-order valence-corrected chi connectivity index (χ3v) is 5.88. The van der Waals surface area contributed by atoms with Gasteiger partial charge in [0.1, 0.15) is 6.61 Å². The van der Waals surface area contributed by atoms with Gasteiger partial charge in [-0.05, 0) is 70.2 Å². The van der Waals surface area contributed by atoms with Crippen LogP contribution in [-0.2, 0) is 17.8 Å². The van der Waals surface area contributed by atoms with E-state index < -0.39 is 0 Å². The SMILES string of the molecule is COc1cc(/C=N\NC(=O)Cc2ccc(C)c(C)c2)cc(Br)c1OCc1ccccc1Cl. The lowest BCUT2D eigenvalue weighted by Gasteiger charge is -2.14. The van der Waals surface area contributed by atoms with Gasteiger partial charge in [0.15, 0.2) is 11.5 Å². The largest absolute Gasteiger partial charge is 0.493 e. The van der Waals surface area contributed by atoms with Crippen molar-refractivity contribution in [2.24, 2.45) is 5.10 Å². The van der Waals surface area contributed by atoms with Gasteiger partial charge in [-0.15, -0.1) is 0 Å². The average molecular weight is 516 g/mol. The summed E-state index contributed by atoms with van der Waals surface area (Å²) in [7, 11) is 1.57. The van der Waals surface area contributed by atoms with E-state index in [1.54, 1.807) is 19.4 Å². The van der Waals surface area contributed by atoms with E-state index in [4.69, 9.17) is 21.1 Å². The number of rotatable bonds is 8. The predicted octanol–water partition coefficient (Wildman–Crippen LogP) is 6.00. The molecular formula is C25H24BrClN2O3. The maximum Gasteiger partial charge on any atom is 0.244 e. The topological polar surface area (TPSA) is 59.9 Å². The zero-order valence-electron chi connectivity index (χ0n) is 18.1. The van der Waals surface area contributed by atoms with E-state index in [2.05, 4.69) is 26.5 Å². The standard InChI is InChI=1S/C25H24BrClN2O3/c1-16-8-9-18(10-17(16)2)13-24(30)29-28-14-19-11-21(26)25(23(12-19)31-3)32-15-20-6-4-5-7-22(20)27/h4-12,14H,13,15H2,1-3H3,(H,29,30)/b28-14-. The Hall–Kier alpha value is -2.83. The number of ether oxygens (including phenoxy) is 2. The number of aryl methyl sites for hydroxylation is 2. The van der Waals surface area contributed by atoms with Gasteiger partial charge in [0.2, 0.25) is 5.91 Å². The van der Waals surface area contributed by atoms with E-state index in [0.29, 0.717) is 27.6 Å². The van der Waals surface area contributed by atoms with Crippen LogP contribution in [0.25, 0.3) is 0 Å². The number of methoxy groups -OCH3 is 1. The first-order valence-electron chi connectivity index (χ1n) is 9.99. The molecule has 166 valence electrons. The van der Waals surface area contributed by atoms with Crippen molar-refractivity contribution in [2.75, 3.05) is 7.11 Å². The fraction of sp³-hybridized carbons (Fsp3) is 0.200. The van der Waals surface area contributed by atoms with E-state index in [-0.39, 0.29) is 12.3 Å². The second kappa shape index (κ2) is 11.2. The van der Waals surface area contributed by atoms with Gasteiger partial charge in [-0.3, -0.25) is 4.79 Å². The molecule has 0 saturated carbocycles. The fourth-order valence-electron chi connectivity index (χ4n) is 3.04. The lowest BCUT2D eigenvalue weighted by atomic mass is 10.0. The molecule has 0 aliphatic heterocycles. The first-order valence-corrected chi connectivity index (χ1v) is 11.2.